The maximum absolute atomic E-state index is 11.6. The fourth-order valence-electron chi connectivity index (χ4n) is 2.00. The molecular formula is C10H15N3O3. The van der Waals surface area contributed by atoms with Gasteiger partial charge in [-0.1, -0.05) is 0 Å². The van der Waals surface area contributed by atoms with E-state index >= 15 is 0 Å². The molecule has 0 radical (unpaired) electrons. The average Bonchev–Trinajstić information content (AvgIpc) is 2.51. The van der Waals surface area contributed by atoms with Crippen molar-refractivity contribution in [2.45, 2.75) is 32.7 Å². The van der Waals surface area contributed by atoms with Crippen LogP contribution < -0.4 is 5.69 Å². The number of hydrogen-bond acceptors (Lipinski definition) is 4. The van der Waals surface area contributed by atoms with Crippen LogP contribution in [0.4, 0.5) is 0 Å². The molecule has 0 bridgehead atoms. The summed E-state index contributed by atoms with van der Waals surface area (Å²) in [7, 11) is 0. The molecule has 88 valence electrons. The third kappa shape index (κ3) is 2.00. The van der Waals surface area contributed by atoms with Crippen molar-refractivity contribution in [3.05, 3.63) is 16.3 Å². The number of carbonyl (C=O) groups excluding carboxylic acids is 1. The van der Waals surface area contributed by atoms with Gasteiger partial charge in [-0.05, 0) is 19.8 Å². The van der Waals surface area contributed by atoms with Crippen LogP contribution in [0.1, 0.15) is 25.6 Å². The van der Waals surface area contributed by atoms with Crippen LogP contribution >= 0.6 is 0 Å². The molecule has 0 unspecified atom stereocenters. The summed E-state index contributed by atoms with van der Waals surface area (Å²) in [5, 5.41) is 6.35. The highest BCUT2D eigenvalue weighted by atomic mass is 16.5. The minimum Gasteiger partial charge on any atom is -0.466 e. The number of ether oxygens (including phenoxy) is 1. The normalized spacial score (nSPS) is 19.9. The number of esters is 1. The maximum Gasteiger partial charge on any atom is 0.343 e. The molecule has 0 fully saturated rings. The molecule has 0 aromatic carbocycles. The van der Waals surface area contributed by atoms with Crippen molar-refractivity contribution in [3.63, 3.8) is 0 Å². The topological polar surface area (TPSA) is 77.0 Å². The van der Waals surface area contributed by atoms with E-state index in [1.807, 2.05) is 0 Å². The minimum absolute atomic E-state index is 0.110. The molecule has 2 heterocycles. The Hall–Kier alpha value is -1.59. The Balaban J connectivity index is 2.07. The first-order valence-corrected chi connectivity index (χ1v) is 5.53. The Morgan fingerprint density at radius 1 is 1.62 bits per heavy atom. The van der Waals surface area contributed by atoms with Gasteiger partial charge < -0.3 is 4.74 Å². The molecule has 6 heteroatoms. The fourth-order valence-corrected chi connectivity index (χ4v) is 2.00. The highest BCUT2D eigenvalue weighted by molar-refractivity contribution is 5.72. The number of aromatic nitrogens is 3. The predicted molar refractivity (Wildman–Crippen MR) is 55.9 cm³/mol. The molecule has 16 heavy (non-hydrogen) atoms. The Bertz CT molecular complexity index is 435. The third-order valence-electron chi connectivity index (χ3n) is 2.87. The van der Waals surface area contributed by atoms with Gasteiger partial charge in [0.1, 0.15) is 5.82 Å². The van der Waals surface area contributed by atoms with Crippen LogP contribution in [0.25, 0.3) is 0 Å². The summed E-state index contributed by atoms with van der Waals surface area (Å²) in [6.07, 6.45) is 1.98. The molecule has 2 rings (SSSR count). The van der Waals surface area contributed by atoms with Gasteiger partial charge in [0.15, 0.2) is 0 Å². The van der Waals surface area contributed by atoms with Crippen LogP contribution in [-0.2, 0) is 22.5 Å². The molecule has 1 N–H and O–H groups in total. The summed E-state index contributed by atoms with van der Waals surface area (Å²) in [5.74, 6) is 0.461. The lowest BCUT2D eigenvalue weighted by Crippen LogP contribution is -2.21. The van der Waals surface area contributed by atoms with Gasteiger partial charge in [-0.2, -0.15) is 5.10 Å². The molecule has 0 saturated carbocycles. The second-order valence-corrected chi connectivity index (χ2v) is 3.87. The molecule has 1 aromatic rings. The van der Waals surface area contributed by atoms with E-state index in [1.54, 1.807) is 11.5 Å². The molecule has 0 saturated heterocycles. The first-order valence-electron chi connectivity index (χ1n) is 5.53. The van der Waals surface area contributed by atoms with Crippen LogP contribution in [0.15, 0.2) is 4.79 Å². The Morgan fingerprint density at radius 2 is 2.44 bits per heavy atom. The molecular weight excluding hydrogens is 210 g/mol. The highest BCUT2D eigenvalue weighted by Crippen LogP contribution is 2.18. The number of nitrogens with zero attached hydrogens (tertiary/aromatic N) is 2. The highest BCUT2D eigenvalue weighted by Gasteiger charge is 2.24. The van der Waals surface area contributed by atoms with Crippen LogP contribution in [0.3, 0.4) is 0 Å². The number of aryl methyl sites for hydroxylation is 1. The fraction of sp³-hybridized carbons (Fsp3) is 0.700. The standard InChI is InChI=1S/C10H15N3O3/c1-2-16-9(14)7-3-4-8-11-12-10(15)13(8)6-5-7/h7H,2-6H2,1H3,(H,12,15)/t7-/m0/s1. The largest absolute Gasteiger partial charge is 0.466 e. The summed E-state index contributed by atoms with van der Waals surface area (Å²) in [5.41, 5.74) is -0.195. The molecule has 1 aliphatic rings. The van der Waals surface area contributed by atoms with Crippen LogP contribution in [-0.4, -0.2) is 27.3 Å². The molecule has 1 aliphatic heterocycles. The smallest absolute Gasteiger partial charge is 0.343 e. The minimum atomic E-state index is -0.195. The predicted octanol–water partition coefficient (Wildman–Crippen LogP) is 0.0870. The molecule has 6 nitrogen and oxygen atoms in total. The lowest BCUT2D eigenvalue weighted by molar-refractivity contribution is -0.148. The lowest BCUT2D eigenvalue weighted by Gasteiger charge is -2.11. The van der Waals surface area contributed by atoms with E-state index in [0.717, 1.165) is 5.82 Å². The summed E-state index contributed by atoms with van der Waals surface area (Å²) < 4.78 is 6.58. The Morgan fingerprint density at radius 3 is 3.19 bits per heavy atom. The van der Waals surface area contributed by atoms with Gasteiger partial charge >= 0.3 is 11.7 Å². The number of fused-ring (bicyclic) bond motifs is 1. The Kier molecular flexibility index (Phi) is 3.07. The first kappa shape index (κ1) is 10.9. The van der Waals surface area contributed by atoms with Gasteiger partial charge in [0.05, 0.1) is 12.5 Å². The zero-order valence-electron chi connectivity index (χ0n) is 9.23. The van der Waals surface area contributed by atoms with Crippen molar-refractivity contribution in [1.29, 1.82) is 0 Å². The molecule has 0 spiro atoms. The first-order chi connectivity index (χ1) is 7.72. The van der Waals surface area contributed by atoms with E-state index in [1.165, 1.54) is 0 Å². The number of H-pyrrole nitrogens is 1. The SMILES string of the molecule is CCOC(=O)[C@H]1CCc2n[nH]c(=O)n2CC1. The van der Waals surface area contributed by atoms with Crippen LogP contribution in [0, 0.1) is 5.92 Å². The lowest BCUT2D eigenvalue weighted by atomic mass is 10.0. The van der Waals surface area contributed by atoms with Crippen molar-refractivity contribution in [2.24, 2.45) is 5.92 Å². The zero-order chi connectivity index (χ0) is 11.5. The van der Waals surface area contributed by atoms with Crippen LogP contribution in [0.5, 0.6) is 0 Å². The van der Waals surface area contributed by atoms with E-state index in [4.69, 9.17) is 4.74 Å². The summed E-state index contributed by atoms with van der Waals surface area (Å²) in [6, 6.07) is 0. The summed E-state index contributed by atoms with van der Waals surface area (Å²) >= 11 is 0. The van der Waals surface area contributed by atoms with E-state index in [9.17, 15) is 9.59 Å². The van der Waals surface area contributed by atoms with Gasteiger partial charge in [0, 0.05) is 13.0 Å². The van der Waals surface area contributed by atoms with Crippen molar-refractivity contribution < 1.29 is 9.53 Å². The number of aromatic amines is 1. The number of carbonyl (C=O) groups is 1. The van der Waals surface area contributed by atoms with Gasteiger partial charge in [0.25, 0.3) is 0 Å². The van der Waals surface area contributed by atoms with Crippen molar-refractivity contribution >= 4 is 5.97 Å². The van der Waals surface area contributed by atoms with Gasteiger partial charge in [-0.15, -0.1) is 0 Å². The second-order valence-electron chi connectivity index (χ2n) is 3.87. The molecule has 1 atom stereocenters. The van der Waals surface area contributed by atoms with E-state index < -0.39 is 0 Å². The quantitative estimate of drug-likeness (QED) is 0.723. The monoisotopic (exact) mass is 225 g/mol. The molecule has 0 aliphatic carbocycles. The zero-order valence-corrected chi connectivity index (χ0v) is 9.23. The Labute approximate surface area is 92.6 Å². The van der Waals surface area contributed by atoms with E-state index in [-0.39, 0.29) is 17.6 Å². The van der Waals surface area contributed by atoms with Gasteiger partial charge in [-0.25, -0.2) is 9.89 Å². The number of hydrogen-bond donors (Lipinski definition) is 1. The van der Waals surface area contributed by atoms with Crippen LogP contribution in [0.2, 0.25) is 0 Å². The average molecular weight is 225 g/mol. The van der Waals surface area contributed by atoms with Gasteiger partial charge in [0.2, 0.25) is 0 Å². The van der Waals surface area contributed by atoms with Crippen molar-refractivity contribution in [3.8, 4) is 0 Å². The number of rotatable bonds is 2. The van der Waals surface area contributed by atoms with Crippen molar-refractivity contribution in [2.75, 3.05) is 6.61 Å². The van der Waals surface area contributed by atoms with Crippen molar-refractivity contribution in [1.82, 2.24) is 14.8 Å². The number of nitrogens with one attached hydrogen (secondary N) is 1. The van der Waals surface area contributed by atoms with Gasteiger partial charge in [-0.3, -0.25) is 9.36 Å². The summed E-state index contributed by atoms with van der Waals surface area (Å²) in [4.78, 5) is 22.9. The van der Waals surface area contributed by atoms with E-state index in [0.29, 0.717) is 32.4 Å². The van der Waals surface area contributed by atoms with E-state index in [2.05, 4.69) is 10.2 Å². The molecule has 1 aromatic heterocycles. The third-order valence-corrected chi connectivity index (χ3v) is 2.87. The summed E-state index contributed by atoms with van der Waals surface area (Å²) in [6.45, 7) is 2.74. The second kappa shape index (κ2) is 4.51. The molecule has 0 amide bonds. The maximum atomic E-state index is 11.6.